The molecule has 0 aliphatic carbocycles. The smallest absolute Gasteiger partial charge is 0.542 e. The van der Waals surface area contributed by atoms with Crippen LogP contribution in [0.3, 0.4) is 0 Å². The maximum absolute atomic E-state index is 9.85. The summed E-state index contributed by atoms with van der Waals surface area (Å²) in [6.07, 6.45) is 0.0162. The van der Waals surface area contributed by atoms with E-state index in [1.165, 1.54) is 6.92 Å². The van der Waals surface area contributed by atoms with Crippen LogP contribution < -0.4 is 24.0 Å². The van der Waals surface area contributed by atoms with Gasteiger partial charge in [-0.15, -0.1) is 0 Å². The van der Waals surface area contributed by atoms with E-state index in [9.17, 15) is 14.7 Å². The van der Waals surface area contributed by atoms with Crippen LogP contribution in [-0.4, -0.2) is 11.8 Å². The van der Waals surface area contributed by atoms with E-state index in [-0.39, 0.29) is 25.3 Å². The Bertz CT molecular complexity index is 99.5. The number of hydrogen-bond acceptors (Lipinski definition) is 3. The molecule has 0 rings (SSSR count). The first-order valence-corrected chi connectivity index (χ1v) is 1.92. The topological polar surface area (TPSA) is 57.2 Å². The van der Waals surface area contributed by atoms with Crippen LogP contribution in [-0.2, 0) is 9.59 Å². The third-order valence-electron chi connectivity index (χ3n) is 0.549. The minimum Gasteiger partial charge on any atom is -0.542 e. The normalized spacial score (nSPS) is 7.12. The van der Waals surface area contributed by atoms with E-state index < -0.39 is 11.8 Å². The number of carboxylic acid groups (broad SMARTS) is 1. The zero-order valence-corrected chi connectivity index (χ0v) is 4.93. The molecule has 0 saturated carbocycles. The number of rotatable bonds is 2. The molecule has 40 valence electrons. The second kappa shape index (κ2) is 4.89. The molecule has 0 amide bonds. The summed E-state index contributed by atoms with van der Waals surface area (Å²) in [6.45, 7) is 1.47. The predicted octanol–water partition coefficient (Wildman–Crippen LogP) is -4.28. The van der Waals surface area contributed by atoms with Crippen molar-refractivity contribution in [3.63, 3.8) is 0 Å². The van der Waals surface area contributed by atoms with Crippen molar-refractivity contribution in [1.82, 2.24) is 0 Å². The first-order chi connectivity index (χ1) is 3.18. The summed E-state index contributed by atoms with van der Waals surface area (Å²) >= 11 is 0. The number of Topliss-reactive ketones (excluding diaryl/α,β-unsaturated/α-hetero) is 1. The first kappa shape index (κ1) is 10.7. The fraction of sp³-hybridized carbons (Fsp3) is 0.500. The molecule has 0 aliphatic rings. The van der Waals surface area contributed by atoms with Crippen molar-refractivity contribution in [1.29, 1.82) is 0 Å². The number of aliphatic carboxylic acids is 1. The molecule has 8 heavy (non-hydrogen) atoms. The Kier molecular flexibility index (Phi) is 6.52. The molecule has 0 bridgehead atoms. The third-order valence-corrected chi connectivity index (χ3v) is 0.549. The second-order valence-electron chi connectivity index (χ2n) is 1.06. The van der Waals surface area contributed by atoms with E-state index in [1.54, 1.807) is 0 Å². The summed E-state index contributed by atoms with van der Waals surface area (Å²) in [4.78, 5) is 19.3. The molecule has 0 aromatic rings. The summed E-state index contributed by atoms with van der Waals surface area (Å²) in [7, 11) is 0. The third kappa shape index (κ3) is 3.91. The molecule has 0 atom stereocenters. The Hall–Kier alpha value is -0.263. The van der Waals surface area contributed by atoms with E-state index in [2.05, 4.69) is 0 Å². The summed E-state index contributed by atoms with van der Waals surface area (Å²) < 4.78 is 0. The number of hydrogen-bond donors (Lipinski definition) is 0. The summed E-state index contributed by atoms with van der Waals surface area (Å²) in [5, 5.41) is 9.47. The SMILES string of the molecule is CCC(=O)C(=O)[O-].[Li+]. The van der Waals surface area contributed by atoms with Gasteiger partial charge in [0.15, 0.2) is 5.78 Å². The molecule has 0 fully saturated rings. The average Bonchev–Trinajstić information content (AvgIpc) is 1.65. The molecule has 0 unspecified atom stereocenters. The number of carbonyl (C=O) groups excluding carboxylic acids is 2. The van der Waals surface area contributed by atoms with Crippen molar-refractivity contribution in [2.24, 2.45) is 0 Å². The van der Waals surface area contributed by atoms with Gasteiger partial charge in [0.1, 0.15) is 5.97 Å². The van der Waals surface area contributed by atoms with Crippen molar-refractivity contribution >= 4 is 11.8 Å². The first-order valence-electron chi connectivity index (χ1n) is 1.92. The van der Waals surface area contributed by atoms with Gasteiger partial charge < -0.3 is 9.90 Å². The Balaban J connectivity index is 0. The van der Waals surface area contributed by atoms with Crippen LogP contribution in [0.4, 0.5) is 0 Å². The van der Waals surface area contributed by atoms with Crippen molar-refractivity contribution < 1.29 is 33.6 Å². The van der Waals surface area contributed by atoms with Gasteiger partial charge in [-0.1, -0.05) is 6.92 Å². The molecular weight excluding hydrogens is 103 g/mol. The van der Waals surface area contributed by atoms with Crippen LogP contribution in [0.25, 0.3) is 0 Å². The molecule has 0 aromatic heterocycles. The van der Waals surface area contributed by atoms with Crippen LogP contribution >= 0.6 is 0 Å². The van der Waals surface area contributed by atoms with Crippen LogP contribution in [0.5, 0.6) is 0 Å². The van der Waals surface area contributed by atoms with Gasteiger partial charge in [0.05, 0.1) is 0 Å². The standard InChI is InChI=1S/C4H6O3.Li/c1-2-3(5)4(6)7;/h2H2,1H3,(H,6,7);/q;+1/p-1. The second-order valence-corrected chi connectivity index (χ2v) is 1.06. The van der Waals surface area contributed by atoms with E-state index in [0.717, 1.165) is 0 Å². The zero-order valence-electron chi connectivity index (χ0n) is 4.93. The molecule has 0 N–H and O–H groups in total. The molecule has 0 saturated heterocycles. The van der Waals surface area contributed by atoms with Crippen molar-refractivity contribution in [3.8, 4) is 0 Å². The molecule has 0 aromatic carbocycles. The van der Waals surface area contributed by atoms with Crippen molar-refractivity contribution in [2.75, 3.05) is 0 Å². The Morgan fingerprint density at radius 1 is 1.50 bits per heavy atom. The van der Waals surface area contributed by atoms with Gasteiger partial charge in [-0.3, -0.25) is 4.79 Å². The number of ketones is 1. The van der Waals surface area contributed by atoms with Crippen molar-refractivity contribution in [3.05, 3.63) is 0 Å². The Labute approximate surface area is 59.2 Å². The molecule has 4 heteroatoms. The molecule has 3 nitrogen and oxygen atoms in total. The minimum absolute atomic E-state index is 0. The van der Waals surface area contributed by atoms with Crippen LogP contribution in [0.15, 0.2) is 0 Å². The van der Waals surface area contributed by atoms with Crippen LogP contribution in [0.2, 0.25) is 0 Å². The molecule has 0 heterocycles. The van der Waals surface area contributed by atoms with Gasteiger partial charge in [-0.25, -0.2) is 0 Å². The number of carbonyl (C=O) groups is 2. The van der Waals surface area contributed by atoms with Gasteiger partial charge in [0, 0.05) is 6.42 Å². The van der Waals surface area contributed by atoms with Gasteiger partial charge in [0.2, 0.25) is 0 Å². The largest absolute Gasteiger partial charge is 1.00 e. The fourth-order valence-electron chi connectivity index (χ4n) is 0.144. The van der Waals surface area contributed by atoms with Crippen LogP contribution in [0, 0.1) is 0 Å². The van der Waals surface area contributed by atoms with E-state index in [0.29, 0.717) is 0 Å². The summed E-state index contributed by atoms with van der Waals surface area (Å²) in [6, 6.07) is 0. The monoisotopic (exact) mass is 108 g/mol. The average molecular weight is 108 g/mol. The van der Waals surface area contributed by atoms with Crippen LogP contribution in [0.1, 0.15) is 13.3 Å². The van der Waals surface area contributed by atoms with E-state index >= 15 is 0 Å². The van der Waals surface area contributed by atoms with Gasteiger partial charge >= 0.3 is 18.9 Å². The molecular formula is C4H5LiO3. The Morgan fingerprint density at radius 2 is 1.88 bits per heavy atom. The zero-order chi connectivity index (χ0) is 5.86. The van der Waals surface area contributed by atoms with Gasteiger partial charge in [-0.05, 0) is 0 Å². The minimum atomic E-state index is -1.59. The fourth-order valence-corrected chi connectivity index (χ4v) is 0.144. The predicted molar refractivity (Wildman–Crippen MR) is 20.3 cm³/mol. The molecule has 0 radical (unpaired) electrons. The maximum atomic E-state index is 9.85. The maximum Gasteiger partial charge on any atom is 1.00 e. The summed E-state index contributed by atoms with van der Waals surface area (Å²) in [5.41, 5.74) is 0. The van der Waals surface area contributed by atoms with Crippen molar-refractivity contribution in [2.45, 2.75) is 13.3 Å². The van der Waals surface area contributed by atoms with E-state index in [4.69, 9.17) is 0 Å². The number of carboxylic acids is 1. The van der Waals surface area contributed by atoms with Gasteiger partial charge in [-0.2, -0.15) is 0 Å². The molecule has 0 spiro atoms. The Morgan fingerprint density at radius 3 is 1.88 bits per heavy atom. The summed E-state index contributed by atoms with van der Waals surface area (Å²) in [5.74, 6) is -2.44. The van der Waals surface area contributed by atoms with E-state index in [1.807, 2.05) is 0 Å². The quantitative estimate of drug-likeness (QED) is 0.266. The molecule has 0 aliphatic heterocycles. The van der Waals surface area contributed by atoms with Gasteiger partial charge in [0.25, 0.3) is 0 Å².